The maximum absolute atomic E-state index is 6.95. The first kappa shape index (κ1) is 30.3. The summed E-state index contributed by atoms with van der Waals surface area (Å²) in [6.45, 7) is 0. The third-order valence-electron chi connectivity index (χ3n) is 12.1. The Balaban J connectivity index is 1.21. The third-order valence-corrected chi connectivity index (χ3v) is 12.1. The fourth-order valence-corrected chi connectivity index (χ4v) is 9.88. The highest BCUT2D eigenvalue weighted by molar-refractivity contribution is 6.23. The first-order valence-corrected chi connectivity index (χ1v) is 19.0. The Labute approximate surface area is 319 Å². The van der Waals surface area contributed by atoms with Crippen LogP contribution in [0.1, 0.15) is 22.3 Å². The standard InChI is InChI=1S/C53H33NO/c1-2-16-34(17-3-1)37-19-9-14-28-48(37)54(49-32-35-18-4-5-20-38(35)51-43-24-10-15-29-50(43)55-52(49)51)36-30-31-42-41-23-8-13-27-46(41)53(47(42)33-36)44-25-11-6-21-39(44)40-22-7-12-26-45(40)53/h1-33H. The van der Waals surface area contributed by atoms with Gasteiger partial charge in [-0.15, -0.1) is 0 Å². The lowest BCUT2D eigenvalue weighted by molar-refractivity contribution is 0.669. The van der Waals surface area contributed by atoms with Crippen LogP contribution in [0.15, 0.2) is 205 Å². The van der Waals surface area contributed by atoms with Crippen LogP contribution in [-0.2, 0) is 5.41 Å². The molecular formula is C53H33NO. The molecule has 0 N–H and O–H groups in total. The zero-order valence-corrected chi connectivity index (χ0v) is 29.9. The molecule has 9 aromatic carbocycles. The van der Waals surface area contributed by atoms with E-state index >= 15 is 0 Å². The molecule has 0 bridgehead atoms. The predicted octanol–water partition coefficient (Wildman–Crippen LogP) is 14.2. The Bertz CT molecular complexity index is 3110. The highest BCUT2D eigenvalue weighted by Crippen LogP contribution is 2.63. The maximum Gasteiger partial charge on any atom is 0.160 e. The van der Waals surface area contributed by atoms with Crippen LogP contribution < -0.4 is 4.90 Å². The average molecular weight is 700 g/mol. The van der Waals surface area contributed by atoms with Gasteiger partial charge in [0.2, 0.25) is 0 Å². The van der Waals surface area contributed by atoms with E-state index in [1.807, 2.05) is 0 Å². The Morgan fingerprint density at radius 2 is 0.927 bits per heavy atom. The molecule has 12 rings (SSSR count). The van der Waals surface area contributed by atoms with Crippen LogP contribution in [0.2, 0.25) is 0 Å². The zero-order chi connectivity index (χ0) is 36.1. The van der Waals surface area contributed by atoms with E-state index in [0.29, 0.717) is 0 Å². The van der Waals surface area contributed by atoms with Gasteiger partial charge in [0.05, 0.1) is 16.8 Å². The highest BCUT2D eigenvalue weighted by Gasteiger charge is 2.51. The van der Waals surface area contributed by atoms with Crippen LogP contribution in [0.4, 0.5) is 17.1 Å². The second kappa shape index (κ2) is 11.4. The van der Waals surface area contributed by atoms with E-state index in [0.717, 1.165) is 50.1 Å². The van der Waals surface area contributed by atoms with Gasteiger partial charge in [0, 0.05) is 22.0 Å². The Morgan fingerprint density at radius 1 is 0.382 bits per heavy atom. The fourth-order valence-electron chi connectivity index (χ4n) is 9.88. The van der Waals surface area contributed by atoms with Crippen LogP contribution in [-0.4, -0.2) is 0 Å². The van der Waals surface area contributed by atoms with E-state index < -0.39 is 5.41 Å². The van der Waals surface area contributed by atoms with E-state index in [1.54, 1.807) is 0 Å². The number of hydrogen-bond acceptors (Lipinski definition) is 2. The van der Waals surface area contributed by atoms with E-state index in [2.05, 4.69) is 205 Å². The molecular weight excluding hydrogens is 667 g/mol. The van der Waals surface area contributed by atoms with Crippen molar-refractivity contribution in [3.8, 4) is 33.4 Å². The van der Waals surface area contributed by atoms with Crippen molar-refractivity contribution in [3.05, 3.63) is 222 Å². The summed E-state index contributed by atoms with van der Waals surface area (Å²) in [4.78, 5) is 2.45. The second-order valence-corrected chi connectivity index (χ2v) is 14.8. The molecule has 256 valence electrons. The van der Waals surface area contributed by atoms with Gasteiger partial charge in [0.25, 0.3) is 0 Å². The number of rotatable bonds is 4. The fraction of sp³-hybridized carbons (Fsp3) is 0.0189. The molecule has 0 unspecified atom stereocenters. The lowest BCUT2D eigenvalue weighted by Gasteiger charge is -2.32. The van der Waals surface area contributed by atoms with E-state index in [9.17, 15) is 0 Å². The summed E-state index contributed by atoms with van der Waals surface area (Å²) >= 11 is 0. The first-order valence-electron chi connectivity index (χ1n) is 19.0. The molecule has 0 radical (unpaired) electrons. The SMILES string of the molecule is c1ccc(-c2ccccc2N(c2ccc3c(c2)C2(c4ccccc4-c4ccccc42)c2ccccc2-3)c2cc3ccccc3c3c2oc2ccccc23)cc1. The molecule has 0 saturated carbocycles. The molecule has 1 aromatic heterocycles. The molecule has 0 saturated heterocycles. The Morgan fingerprint density at radius 3 is 1.64 bits per heavy atom. The van der Waals surface area contributed by atoms with Gasteiger partial charge in [-0.3, -0.25) is 0 Å². The van der Waals surface area contributed by atoms with Gasteiger partial charge in [-0.05, 0) is 91.2 Å². The molecule has 1 heterocycles. The molecule has 0 amide bonds. The summed E-state index contributed by atoms with van der Waals surface area (Å²) in [5.41, 5.74) is 17.2. The van der Waals surface area contributed by atoms with Gasteiger partial charge in [-0.2, -0.15) is 0 Å². The molecule has 2 aliphatic rings. The van der Waals surface area contributed by atoms with Crippen molar-refractivity contribution < 1.29 is 4.42 Å². The lowest BCUT2D eigenvalue weighted by atomic mass is 9.70. The third kappa shape index (κ3) is 4.08. The molecule has 2 heteroatoms. The zero-order valence-electron chi connectivity index (χ0n) is 29.9. The molecule has 10 aromatic rings. The molecule has 2 nitrogen and oxygen atoms in total. The number of nitrogens with zero attached hydrogens (tertiary/aromatic N) is 1. The van der Waals surface area contributed by atoms with Crippen molar-refractivity contribution in [1.82, 2.24) is 0 Å². The number of fused-ring (bicyclic) bond motifs is 15. The van der Waals surface area contributed by atoms with Crippen LogP contribution in [0, 0.1) is 0 Å². The van der Waals surface area contributed by atoms with Gasteiger partial charge in [0.1, 0.15) is 5.58 Å². The van der Waals surface area contributed by atoms with E-state index in [4.69, 9.17) is 4.42 Å². The molecule has 0 atom stereocenters. The van der Waals surface area contributed by atoms with Crippen LogP contribution in [0.25, 0.3) is 66.1 Å². The Kier molecular flexibility index (Phi) is 6.29. The Hall–Kier alpha value is -7.16. The lowest BCUT2D eigenvalue weighted by Crippen LogP contribution is -2.26. The smallest absolute Gasteiger partial charge is 0.160 e. The summed E-state index contributed by atoms with van der Waals surface area (Å²) in [6.07, 6.45) is 0. The average Bonchev–Trinajstić information content (AvgIpc) is 3.89. The van der Waals surface area contributed by atoms with Gasteiger partial charge < -0.3 is 9.32 Å². The minimum Gasteiger partial charge on any atom is -0.454 e. The van der Waals surface area contributed by atoms with Gasteiger partial charge >= 0.3 is 0 Å². The number of hydrogen-bond donors (Lipinski definition) is 0. The first-order chi connectivity index (χ1) is 27.3. The van der Waals surface area contributed by atoms with Crippen LogP contribution in [0.5, 0.6) is 0 Å². The summed E-state index contributed by atoms with van der Waals surface area (Å²) in [7, 11) is 0. The summed E-state index contributed by atoms with van der Waals surface area (Å²) in [5, 5.41) is 4.61. The van der Waals surface area contributed by atoms with Gasteiger partial charge in [-0.1, -0.05) is 170 Å². The second-order valence-electron chi connectivity index (χ2n) is 14.8. The van der Waals surface area contributed by atoms with Crippen LogP contribution in [0.3, 0.4) is 0 Å². The summed E-state index contributed by atoms with van der Waals surface area (Å²) in [5.74, 6) is 0. The quantitative estimate of drug-likeness (QED) is 0.182. The number of benzene rings is 9. The van der Waals surface area contributed by atoms with Crippen LogP contribution >= 0.6 is 0 Å². The largest absolute Gasteiger partial charge is 0.454 e. The maximum atomic E-state index is 6.95. The van der Waals surface area contributed by atoms with Crippen molar-refractivity contribution in [3.63, 3.8) is 0 Å². The van der Waals surface area contributed by atoms with Gasteiger partial charge in [-0.25, -0.2) is 0 Å². The van der Waals surface area contributed by atoms with Gasteiger partial charge in [0.15, 0.2) is 5.58 Å². The summed E-state index contributed by atoms with van der Waals surface area (Å²) < 4.78 is 6.95. The van der Waals surface area contributed by atoms with Crippen molar-refractivity contribution >= 4 is 49.8 Å². The topological polar surface area (TPSA) is 16.4 Å². The van der Waals surface area contributed by atoms with Crippen molar-refractivity contribution in [1.29, 1.82) is 0 Å². The van der Waals surface area contributed by atoms with Crippen molar-refractivity contribution in [2.75, 3.05) is 4.90 Å². The van der Waals surface area contributed by atoms with E-state index in [-0.39, 0.29) is 0 Å². The molecule has 0 aliphatic heterocycles. The minimum absolute atomic E-state index is 0.461. The molecule has 55 heavy (non-hydrogen) atoms. The molecule has 2 aliphatic carbocycles. The number of furan rings is 1. The number of para-hydroxylation sites is 2. The minimum atomic E-state index is -0.461. The summed E-state index contributed by atoms with van der Waals surface area (Å²) in [6, 6.07) is 73.2. The molecule has 0 fully saturated rings. The van der Waals surface area contributed by atoms with E-state index in [1.165, 1.54) is 55.3 Å². The monoisotopic (exact) mass is 699 g/mol. The normalized spacial score (nSPS) is 13.2. The highest BCUT2D eigenvalue weighted by atomic mass is 16.3. The predicted molar refractivity (Wildman–Crippen MR) is 228 cm³/mol. The van der Waals surface area contributed by atoms with Crippen molar-refractivity contribution in [2.24, 2.45) is 0 Å². The number of anilines is 3. The molecule has 1 spiro atoms. The van der Waals surface area contributed by atoms with Crippen molar-refractivity contribution in [2.45, 2.75) is 5.41 Å².